The van der Waals surface area contributed by atoms with Gasteiger partial charge in [0.05, 0.1) is 18.8 Å². The Morgan fingerprint density at radius 2 is 1.15 bits per heavy atom. The number of ether oxygens (including phenoxy) is 3. The number of esters is 3. The number of nitrogens with zero attached hydrogens (tertiary/aromatic N) is 1. The van der Waals surface area contributed by atoms with Crippen LogP contribution in [0, 0.1) is 5.41 Å². The number of rotatable bonds is 22. The molecule has 254 valence electrons. The summed E-state index contributed by atoms with van der Waals surface area (Å²) in [4.78, 5) is 45.6. The lowest BCUT2D eigenvalue weighted by atomic mass is 9.78. The fourth-order valence-corrected chi connectivity index (χ4v) is 5.62. The van der Waals surface area contributed by atoms with Gasteiger partial charge in [0.2, 0.25) is 0 Å². The van der Waals surface area contributed by atoms with Gasteiger partial charge in [-0.3, -0.25) is 9.59 Å². The lowest BCUT2D eigenvalue weighted by Gasteiger charge is -2.37. The molecule has 0 spiro atoms. The molecule has 8 nitrogen and oxygen atoms in total. The van der Waals surface area contributed by atoms with Gasteiger partial charge in [-0.1, -0.05) is 109 Å². The summed E-state index contributed by atoms with van der Waals surface area (Å²) in [6.45, 7) is 5.92. The first kappa shape index (κ1) is 37.1. The third kappa shape index (κ3) is 12.8. The van der Waals surface area contributed by atoms with Crippen molar-refractivity contribution in [1.82, 2.24) is 5.06 Å². The predicted molar refractivity (Wildman–Crippen MR) is 180 cm³/mol. The molecule has 0 N–H and O–H groups in total. The maximum Gasteiger partial charge on any atom is 0.345 e. The molecular formula is C38H55NO7. The van der Waals surface area contributed by atoms with E-state index in [1.54, 1.807) is 35.4 Å². The van der Waals surface area contributed by atoms with Crippen molar-refractivity contribution in [2.24, 2.45) is 5.41 Å². The normalized spacial score (nSPS) is 14.4. The van der Waals surface area contributed by atoms with E-state index in [1.165, 1.54) is 57.8 Å². The Morgan fingerprint density at radius 1 is 0.630 bits per heavy atom. The van der Waals surface area contributed by atoms with Crippen molar-refractivity contribution in [3.05, 3.63) is 60.2 Å². The number of benzene rings is 2. The number of unbranched alkanes of at least 4 members (excludes halogenated alkanes) is 12. The Bertz CT molecular complexity index is 1140. The summed E-state index contributed by atoms with van der Waals surface area (Å²) in [6.07, 6.45) is 16.6. The second-order valence-corrected chi connectivity index (χ2v) is 12.3. The fourth-order valence-electron chi connectivity index (χ4n) is 5.62. The van der Waals surface area contributed by atoms with Crippen molar-refractivity contribution in [2.45, 2.75) is 117 Å². The molecule has 0 amide bonds. The van der Waals surface area contributed by atoms with Gasteiger partial charge in [0.15, 0.2) is 5.41 Å². The molecular weight excluding hydrogens is 582 g/mol. The molecule has 8 heteroatoms. The largest absolute Gasteiger partial charge is 0.494 e. The average molecular weight is 638 g/mol. The van der Waals surface area contributed by atoms with Crippen molar-refractivity contribution in [2.75, 3.05) is 26.3 Å². The molecule has 2 aromatic rings. The van der Waals surface area contributed by atoms with Crippen LogP contribution in [0.4, 0.5) is 0 Å². The zero-order chi connectivity index (χ0) is 32.9. The third-order valence-electron chi connectivity index (χ3n) is 8.61. The quantitative estimate of drug-likeness (QED) is 0.0718. The Labute approximate surface area is 276 Å². The fraction of sp³-hybridized carbons (Fsp3) is 0.605. The van der Waals surface area contributed by atoms with Crippen LogP contribution in [0.1, 0.15) is 127 Å². The van der Waals surface area contributed by atoms with Gasteiger partial charge in [-0.25, -0.2) is 4.79 Å². The molecule has 0 aromatic heterocycles. The maximum atomic E-state index is 13.4. The summed E-state index contributed by atoms with van der Waals surface area (Å²) in [6, 6.07) is 15.8. The number of piperidine rings is 1. The summed E-state index contributed by atoms with van der Waals surface area (Å²) in [5.41, 5.74) is -1.32. The van der Waals surface area contributed by atoms with Gasteiger partial charge in [0.1, 0.15) is 11.5 Å². The minimum absolute atomic E-state index is 0.114. The summed E-state index contributed by atoms with van der Waals surface area (Å²) >= 11 is 0. The van der Waals surface area contributed by atoms with Crippen molar-refractivity contribution >= 4 is 17.9 Å². The smallest absolute Gasteiger partial charge is 0.345 e. The Kier molecular flexibility index (Phi) is 17.3. The highest BCUT2D eigenvalue weighted by atomic mass is 16.7. The van der Waals surface area contributed by atoms with E-state index in [-0.39, 0.29) is 38.1 Å². The van der Waals surface area contributed by atoms with Crippen LogP contribution in [0.3, 0.4) is 0 Å². The molecule has 0 saturated carbocycles. The first-order chi connectivity index (χ1) is 22.5. The number of hydrogen-bond donors (Lipinski definition) is 0. The highest BCUT2D eigenvalue weighted by Crippen LogP contribution is 2.36. The minimum Gasteiger partial charge on any atom is -0.494 e. The maximum absolute atomic E-state index is 13.4. The molecule has 2 aromatic carbocycles. The van der Waals surface area contributed by atoms with E-state index in [9.17, 15) is 14.4 Å². The molecule has 3 rings (SSSR count). The van der Waals surface area contributed by atoms with Gasteiger partial charge in [0, 0.05) is 13.1 Å². The van der Waals surface area contributed by atoms with Crippen molar-refractivity contribution in [1.29, 1.82) is 0 Å². The van der Waals surface area contributed by atoms with Gasteiger partial charge in [-0.2, -0.15) is 0 Å². The second kappa shape index (κ2) is 21.4. The number of carbonyl (C=O) groups is 3. The minimum atomic E-state index is -1.57. The van der Waals surface area contributed by atoms with Gasteiger partial charge in [0.25, 0.3) is 0 Å². The molecule has 0 atom stereocenters. The predicted octanol–water partition coefficient (Wildman–Crippen LogP) is 8.87. The zero-order valence-electron chi connectivity index (χ0n) is 28.1. The van der Waals surface area contributed by atoms with E-state index >= 15 is 0 Å². The van der Waals surface area contributed by atoms with Gasteiger partial charge in [-0.05, 0) is 62.1 Å². The van der Waals surface area contributed by atoms with E-state index in [1.807, 2.05) is 24.3 Å². The van der Waals surface area contributed by atoms with Crippen LogP contribution in [-0.4, -0.2) is 49.3 Å². The van der Waals surface area contributed by atoms with E-state index in [0.717, 1.165) is 37.9 Å². The van der Waals surface area contributed by atoms with Crippen LogP contribution in [-0.2, 0) is 19.1 Å². The molecule has 46 heavy (non-hydrogen) atoms. The first-order valence-corrected chi connectivity index (χ1v) is 17.6. The Hall–Kier alpha value is -3.39. The summed E-state index contributed by atoms with van der Waals surface area (Å²) in [5, 5.41) is 1.72. The Balaban J connectivity index is 1.49. The van der Waals surface area contributed by atoms with Gasteiger partial charge >= 0.3 is 17.9 Å². The van der Waals surface area contributed by atoms with Gasteiger partial charge in [-0.15, -0.1) is 5.06 Å². The summed E-state index contributed by atoms with van der Waals surface area (Å²) in [7, 11) is 0. The molecule has 0 unspecified atom stereocenters. The lowest BCUT2D eigenvalue weighted by Crippen LogP contribution is -2.51. The molecule has 1 aliphatic rings. The third-order valence-corrected chi connectivity index (χ3v) is 8.61. The van der Waals surface area contributed by atoms with Gasteiger partial charge < -0.3 is 19.0 Å². The molecule has 1 fully saturated rings. The Morgan fingerprint density at radius 3 is 1.74 bits per heavy atom. The number of carbonyl (C=O) groups excluding carboxylic acids is 3. The summed E-state index contributed by atoms with van der Waals surface area (Å²) in [5.74, 6) is -0.847. The van der Waals surface area contributed by atoms with Crippen molar-refractivity contribution in [3.8, 4) is 11.5 Å². The molecule has 1 saturated heterocycles. The van der Waals surface area contributed by atoms with Crippen LogP contribution in [0.15, 0.2) is 54.6 Å². The van der Waals surface area contributed by atoms with E-state index in [0.29, 0.717) is 12.4 Å². The number of hydrogen-bond acceptors (Lipinski definition) is 8. The van der Waals surface area contributed by atoms with Crippen molar-refractivity contribution in [3.63, 3.8) is 0 Å². The first-order valence-electron chi connectivity index (χ1n) is 17.6. The molecule has 1 heterocycles. The second-order valence-electron chi connectivity index (χ2n) is 12.3. The van der Waals surface area contributed by atoms with Crippen LogP contribution in [0.2, 0.25) is 0 Å². The monoisotopic (exact) mass is 637 g/mol. The van der Waals surface area contributed by atoms with Crippen molar-refractivity contribution < 1.29 is 33.4 Å². The van der Waals surface area contributed by atoms with Crippen LogP contribution in [0.5, 0.6) is 11.5 Å². The number of hydroxylamine groups is 2. The standard InChI is InChI=1S/C38H55NO7/c1-3-5-7-9-11-12-14-18-30-43-33-22-24-34(25-23-33)46-39-28-26-38(27-29-39,36(41)44-31-19-13-10-8-6-4-2)37(42)45-35(40)32-20-16-15-17-21-32/h15-17,20-25H,3-14,18-19,26-31H2,1-2H3. The average Bonchev–Trinajstić information content (AvgIpc) is 3.08. The van der Waals surface area contributed by atoms with Crippen LogP contribution < -0.4 is 9.57 Å². The highest BCUT2D eigenvalue weighted by Gasteiger charge is 2.52. The van der Waals surface area contributed by atoms with Crippen LogP contribution in [0.25, 0.3) is 0 Å². The van der Waals surface area contributed by atoms with E-state index in [4.69, 9.17) is 19.0 Å². The molecule has 0 bridgehead atoms. The SMILES string of the molecule is CCCCCCCCCCOc1ccc(ON2CCC(C(=O)OCCCCCCCC)(C(=O)OC(=O)c3ccccc3)CC2)cc1. The molecule has 1 aliphatic heterocycles. The van der Waals surface area contributed by atoms with Crippen LogP contribution >= 0.6 is 0 Å². The molecule has 0 aliphatic carbocycles. The summed E-state index contributed by atoms with van der Waals surface area (Å²) < 4.78 is 16.8. The lowest BCUT2D eigenvalue weighted by molar-refractivity contribution is -0.179. The van der Waals surface area contributed by atoms with E-state index < -0.39 is 23.3 Å². The topological polar surface area (TPSA) is 91.4 Å². The molecule has 0 radical (unpaired) electrons. The highest BCUT2D eigenvalue weighted by molar-refractivity contribution is 6.06. The zero-order valence-corrected chi connectivity index (χ0v) is 28.1. The van der Waals surface area contributed by atoms with E-state index in [2.05, 4.69) is 13.8 Å².